The van der Waals surface area contributed by atoms with Crippen molar-refractivity contribution in [2.24, 2.45) is 5.73 Å². The largest absolute Gasteiger partial charge is 0.339 e. The first-order valence-electron chi connectivity index (χ1n) is 8.07. The Bertz CT molecular complexity index is 552. The Morgan fingerprint density at radius 2 is 1.74 bits per heavy atom. The fourth-order valence-corrected chi connectivity index (χ4v) is 3.43. The normalized spacial score (nSPS) is 24.2. The van der Waals surface area contributed by atoms with E-state index in [1.165, 1.54) is 0 Å². The van der Waals surface area contributed by atoms with Gasteiger partial charge < -0.3 is 15.5 Å². The smallest absolute Gasteiger partial charge is 0.254 e. The van der Waals surface area contributed by atoms with Crippen molar-refractivity contribution in [1.82, 2.24) is 9.80 Å². The summed E-state index contributed by atoms with van der Waals surface area (Å²) in [5.74, 6) is 0.0229. The Labute approximate surface area is 143 Å². The lowest BCUT2D eigenvalue weighted by atomic mass is 10.0. The van der Waals surface area contributed by atoms with E-state index in [2.05, 4.69) is 0 Å². The molecule has 0 aromatic heterocycles. The standard InChI is InChI=1S/C17H23N3O2.ClH/c18-14-8-4-10-19(12-14)17(22)15-9-5-11-20(15)16(21)13-6-2-1-3-7-13;/h1-3,6-7,14-15H,4-5,8-12,18H2;1H. The van der Waals surface area contributed by atoms with E-state index in [-0.39, 0.29) is 36.3 Å². The molecule has 3 rings (SSSR count). The number of likely N-dealkylation sites (tertiary alicyclic amines) is 2. The molecule has 2 fully saturated rings. The number of halogens is 1. The van der Waals surface area contributed by atoms with Crippen molar-refractivity contribution in [2.75, 3.05) is 19.6 Å². The summed E-state index contributed by atoms with van der Waals surface area (Å²) in [5, 5.41) is 0. The fourth-order valence-electron chi connectivity index (χ4n) is 3.43. The maximum Gasteiger partial charge on any atom is 0.254 e. The molecule has 6 heteroatoms. The predicted octanol–water partition coefficient (Wildman–Crippen LogP) is 1.66. The molecule has 0 spiro atoms. The Balaban J connectivity index is 0.00000192. The van der Waals surface area contributed by atoms with E-state index >= 15 is 0 Å². The number of hydrogen-bond acceptors (Lipinski definition) is 3. The van der Waals surface area contributed by atoms with E-state index in [4.69, 9.17) is 5.73 Å². The lowest BCUT2D eigenvalue weighted by Crippen LogP contribution is -2.53. The van der Waals surface area contributed by atoms with E-state index in [1.54, 1.807) is 17.0 Å². The molecular formula is C17H24ClN3O2. The fraction of sp³-hybridized carbons (Fsp3) is 0.529. The minimum Gasteiger partial charge on any atom is -0.339 e. The summed E-state index contributed by atoms with van der Waals surface area (Å²) in [4.78, 5) is 29.0. The number of hydrogen-bond donors (Lipinski definition) is 1. The van der Waals surface area contributed by atoms with Crippen molar-refractivity contribution in [3.63, 3.8) is 0 Å². The number of nitrogens with zero attached hydrogens (tertiary/aromatic N) is 2. The van der Waals surface area contributed by atoms with Crippen LogP contribution >= 0.6 is 12.4 Å². The number of amides is 2. The van der Waals surface area contributed by atoms with Gasteiger partial charge in [-0.2, -0.15) is 0 Å². The van der Waals surface area contributed by atoms with E-state index in [0.29, 0.717) is 18.7 Å². The zero-order valence-electron chi connectivity index (χ0n) is 13.2. The highest BCUT2D eigenvalue weighted by molar-refractivity contribution is 5.98. The number of rotatable bonds is 2. The zero-order chi connectivity index (χ0) is 15.5. The third-order valence-electron chi connectivity index (χ3n) is 4.59. The maximum absolute atomic E-state index is 12.8. The highest BCUT2D eigenvalue weighted by Crippen LogP contribution is 2.23. The average Bonchev–Trinajstić information content (AvgIpc) is 3.04. The molecule has 23 heavy (non-hydrogen) atoms. The van der Waals surface area contributed by atoms with Gasteiger partial charge in [-0.25, -0.2) is 0 Å². The number of benzene rings is 1. The molecule has 2 saturated heterocycles. The molecule has 1 aromatic carbocycles. The molecule has 1 aromatic rings. The van der Waals surface area contributed by atoms with Crippen molar-refractivity contribution in [2.45, 2.75) is 37.8 Å². The van der Waals surface area contributed by atoms with Crippen LogP contribution < -0.4 is 5.73 Å². The number of carbonyl (C=O) groups is 2. The Morgan fingerprint density at radius 1 is 1.04 bits per heavy atom. The van der Waals surface area contributed by atoms with Crippen LogP contribution in [0.1, 0.15) is 36.0 Å². The molecule has 2 aliphatic rings. The van der Waals surface area contributed by atoms with Crippen LogP contribution in [0.2, 0.25) is 0 Å². The summed E-state index contributed by atoms with van der Waals surface area (Å²) in [6.45, 7) is 2.03. The molecule has 2 unspecified atom stereocenters. The third kappa shape index (κ3) is 3.85. The third-order valence-corrected chi connectivity index (χ3v) is 4.59. The Kier molecular flexibility index (Phi) is 6.02. The van der Waals surface area contributed by atoms with Crippen LogP contribution in [0.5, 0.6) is 0 Å². The van der Waals surface area contributed by atoms with Gasteiger partial charge >= 0.3 is 0 Å². The van der Waals surface area contributed by atoms with Crippen LogP contribution in [-0.2, 0) is 4.79 Å². The monoisotopic (exact) mass is 337 g/mol. The summed E-state index contributed by atoms with van der Waals surface area (Å²) < 4.78 is 0. The van der Waals surface area contributed by atoms with E-state index in [0.717, 1.165) is 32.2 Å². The second kappa shape index (κ2) is 7.79. The molecular weight excluding hydrogens is 314 g/mol. The van der Waals surface area contributed by atoms with Crippen LogP contribution in [0, 0.1) is 0 Å². The van der Waals surface area contributed by atoms with Gasteiger partial charge in [-0.05, 0) is 37.8 Å². The van der Waals surface area contributed by atoms with Gasteiger partial charge in [0.1, 0.15) is 6.04 Å². The van der Waals surface area contributed by atoms with Crippen LogP contribution in [0.4, 0.5) is 0 Å². The minimum absolute atomic E-state index is 0. The lowest BCUT2D eigenvalue weighted by molar-refractivity contribution is -0.136. The maximum atomic E-state index is 12.8. The van der Waals surface area contributed by atoms with Crippen LogP contribution in [0.3, 0.4) is 0 Å². The molecule has 2 aliphatic heterocycles. The van der Waals surface area contributed by atoms with E-state index < -0.39 is 0 Å². The lowest BCUT2D eigenvalue weighted by Gasteiger charge is -2.35. The number of nitrogens with two attached hydrogens (primary N) is 1. The zero-order valence-corrected chi connectivity index (χ0v) is 14.0. The number of carbonyl (C=O) groups excluding carboxylic acids is 2. The molecule has 0 radical (unpaired) electrons. The first kappa shape index (κ1) is 17.8. The molecule has 5 nitrogen and oxygen atoms in total. The van der Waals surface area contributed by atoms with Crippen molar-refractivity contribution >= 4 is 24.2 Å². The molecule has 0 bridgehead atoms. The van der Waals surface area contributed by atoms with Crippen LogP contribution in [-0.4, -0.2) is 53.3 Å². The summed E-state index contributed by atoms with van der Waals surface area (Å²) in [7, 11) is 0. The second-order valence-electron chi connectivity index (χ2n) is 6.21. The quantitative estimate of drug-likeness (QED) is 0.892. The summed E-state index contributed by atoms with van der Waals surface area (Å²) in [6, 6.07) is 8.94. The number of piperidine rings is 1. The highest BCUT2D eigenvalue weighted by atomic mass is 35.5. The summed E-state index contributed by atoms with van der Waals surface area (Å²) in [5.41, 5.74) is 6.62. The summed E-state index contributed by atoms with van der Waals surface area (Å²) in [6.07, 6.45) is 3.56. The molecule has 2 amide bonds. The van der Waals surface area contributed by atoms with E-state index in [1.807, 2.05) is 23.1 Å². The van der Waals surface area contributed by atoms with E-state index in [9.17, 15) is 9.59 Å². The van der Waals surface area contributed by atoms with Crippen molar-refractivity contribution in [1.29, 1.82) is 0 Å². The van der Waals surface area contributed by atoms with Crippen molar-refractivity contribution in [3.05, 3.63) is 35.9 Å². The highest BCUT2D eigenvalue weighted by Gasteiger charge is 2.37. The predicted molar refractivity (Wildman–Crippen MR) is 91.5 cm³/mol. The molecule has 0 aliphatic carbocycles. The molecule has 2 atom stereocenters. The first-order chi connectivity index (χ1) is 10.7. The van der Waals surface area contributed by atoms with Crippen molar-refractivity contribution in [3.8, 4) is 0 Å². The summed E-state index contributed by atoms with van der Waals surface area (Å²) >= 11 is 0. The van der Waals surface area contributed by atoms with Gasteiger partial charge in [0, 0.05) is 31.2 Å². The van der Waals surface area contributed by atoms with Gasteiger partial charge in [-0.15, -0.1) is 12.4 Å². The van der Waals surface area contributed by atoms with Crippen molar-refractivity contribution < 1.29 is 9.59 Å². The topological polar surface area (TPSA) is 66.6 Å². The van der Waals surface area contributed by atoms with Gasteiger partial charge in [-0.3, -0.25) is 9.59 Å². The molecule has 126 valence electrons. The van der Waals surface area contributed by atoms with Gasteiger partial charge in [0.2, 0.25) is 5.91 Å². The Morgan fingerprint density at radius 3 is 2.43 bits per heavy atom. The van der Waals surface area contributed by atoms with Crippen LogP contribution in [0.15, 0.2) is 30.3 Å². The second-order valence-corrected chi connectivity index (χ2v) is 6.21. The molecule has 2 heterocycles. The van der Waals surface area contributed by atoms with Gasteiger partial charge in [0.25, 0.3) is 5.91 Å². The minimum atomic E-state index is -0.321. The van der Waals surface area contributed by atoms with Gasteiger partial charge in [0.05, 0.1) is 0 Å². The Hall–Kier alpha value is -1.59. The molecule has 0 saturated carbocycles. The van der Waals surface area contributed by atoms with Gasteiger partial charge in [-0.1, -0.05) is 18.2 Å². The SMILES string of the molecule is Cl.NC1CCCN(C(=O)C2CCCN2C(=O)c2ccccc2)C1. The van der Waals surface area contributed by atoms with Crippen LogP contribution in [0.25, 0.3) is 0 Å². The molecule has 2 N–H and O–H groups in total. The average molecular weight is 338 g/mol. The first-order valence-corrected chi connectivity index (χ1v) is 8.07. The van der Waals surface area contributed by atoms with Gasteiger partial charge in [0.15, 0.2) is 0 Å².